The monoisotopic (exact) mass is 197 g/mol. The van der Waals surface area contributed by atoms with Crippen LogP contribution in [-0.2, 0) is 18.4 Å². The van der Waals surface area contributed by atoms with E-state index in [1.165, 1.54) is 12.8 Å². The smallest absolute Gasteiger partial charge is 0.145 e. The third-order valence-electron chi connectivity index (χ3n) is 2.14. The molecular formula is C10H19N3O. The number of ether oxygens (including phenoxy) is 1. The number of aromatic nitrogens is 2. The average molecular weight is 197 g/mol. The Morgan fingerprint density at radius 2 is 2.29 bits per heavy atom. The number of nitrogens with zero attached hydrogens (tertiary/aromatic N) is 2. The first-order valence-electron chi connectivity index (χ1n) is 5.10. The van der Waals surface area contributed by atoms with Crippen molar-refractivity contribution in [3.8, 4) is 0 Å². The predicted octanol–water partition coefficient (Wildman–Crippen LogP) is 1.71. The van der Waals surface area contributed by atoms with E-state index in [1.54, 1.807) is 4.68 Å². The van der Waals surface area contributed by atoms with Gasteiger partial charge in [0.05, 0.1) is 12.3 Å². The van der Waals surface area contributed by atoms with Crippen LogP contribution in [0.1, 0.15) is 31.9 Å². The first-order valence-corrected chi connectivity index (χ1v) is 5.10. The summed E-state index contributed by atoms with van der Waals surface area (Å²) >= 11 is 0. The van der Waals surface area contributed by atoms with E-state index in [4.69, 9.17) is 10.5 Å². The molecule has 0 saturated carbocycles. The lowest BCUT2D eigenvalue weighted by molar-refractivity contribution is 0.112. The van der Waals surface area contributed by atoms with Crippen LogP contribution in [0.5, 0.6) is 0 Å². The standard InChI is InChI=1S/C10H19N3O/c1-3-4-5-6-14-8-9-7-10(11)12-13(9)2/h7H,3-6,8H2,1-2H3,(H2,11,12). The SMILES string of the molecule is CCCCCOCc1cc(N)nn1C. The number of anilines is 1. The molecule has 1 rings (SSSR count). The van der Waals surface area contributed by atoms with E-state index >= 15 is 0 Å². The van der Waals surface area contributed by atoms with Gasteiger partial charge in [-0.25, -0.2) is 0 Å². The largest absolute Gasteiger partial charge is 0.382 e. The number of hydrogen-bond acceptors (Lipinski definition) is 3. The number of aryl methyl sites for hydroxylation is 1. The second kappa shape index (κ2) is 5.65. The molecule has 0 spiro atoms. The average Bonchev–Trinajstić information content (AvgIpc) is 2.45. The van der Waals surface area contributed by atoms with Crippen LogP contribution in [0.4, 0.5) is 5.82 Å². The second-order valence-corrected chi connectivity index (χ2v) is 3.44. The summed E-state index contributed by atoms with van der Waals surface area (Å²) in [6.07, 6.45) is 3.58. The van der Waals surface area contributed by atoms with Gasteiger partial charge in [0.2, 0.25) is 0 Å². The van der Waals surface area contributed by atoms with Gasteiger partial charge in [-0.3, -0.25) is 4.68 Å². The molecule has 80 valence electrons. The summed E-state index contributed by atoms with van der Waals surface area (Å²) in [6.45, 7) is 3.60. The van der Waals surface area contributed by atoms with Crippen LogP contribution >= 0.6 is 0 Å². The van der Waals surface area contributed by atoms with Crippen molar-refractivity contribution in [2.24, 2.45) is 7.05 Å². The molecule has 0 aliphatic carbocycles. The van der Waals surface area contributed by atoms with Crippen LogP contribution in [0.15, 0.2) is 6.07 Å². The first kappa shape index (κ1) is 11.0. The van der Waals surface area contributed by atoms with Crippen molar-refractivity contribution in [1.29, 1.82) is 0 Å². The van der Waals surface area contributed by atoms with Crippen molar-refractivity contribution < 1.29 is 4.74 Å². The van der Waals surface area contributed by atoms with E-state index < -0.39 is 0 Å². The molecule has 4 heteroatoms. The Hall–Kier alpha value is -1.03. The normalized spacial score (nSPS) is 10.7. The molecule has 0 radical (unpaired) electrons. The van der Waals surface area contributed by atoms with Gasteiger partial charge < -0.3 is 10.5 Å². The molecule has 1 aromatic rings. The van der Waals surface area contributed by atoms with Crippen LogP contribution in [0.3, 0.4) is 0 Å². The van der Waals surface area contributed by atoms with Crippen LogP contribution in [0, 0.1) is 0 Å². The Balaban J connectivity index is 2.21. The van der Waals surface area contributed by atoms with Gasteiger partial charge in [0, 0.05) is 19.7 Å². The lowest BCUT2D eigenvalue weighted by Gasteiger charge is -2.03. The molecule has 0 aliphatic heterocycles. The Bertz CT molecular complexity index is 270. The first-order chi connectivity index (χ1) is 6.74. The van der Waals surface area contributed by atoms with Gasteiger partial charge in [0.25, 0.3) is 0 Å². The molecule has 2 N–H and O–H groups in total. The Morgan fingerprint density at radius 1 is 1.50 bits per heavy atom. The van der Waals surface area contributed by atoms with Gasteiger partial charge >= 0.3 is 0 Å². The number of nitrogen functional groups attached to an aromatic ring is 1. The highest BCUT2D eigenvalue weighted by molar-refractivity contribution is 5.28. The molecular weight excluding hydrogens is 178 g/mol. The Labute approximate surface area is 85.0 Å². The summed E-state index contributed by atoms with van der Waals surface area (Å²) < 4.78 is 7.26. The molecule has 0 bridgehead atoms. The van der Waals surface area contributed by atoms with Crippen LogP contribution in [0.2, 0.25) is 0 Å². The highest BCUT2D eigenvalue weighted by Gasteiger charge is 2.01. The van der Waals surface area contributed by atoms with Gasteiger partial charge in [-0.15, -0.1) is 0 Å². The molecule has 1 heterocycles. The lowest BCUT2D eigenvalue weighted by Crippen LogP contribution is -2.02. The van der Waals surface area contributed by atoms with Crippen LogP contribution < -0.4 is 5.73 Å². The second-order valence-electron chi connectivity index (χ2n) is 3.44. The highest BCUT2D eigenvalue weighted by Crippen LogP contribution is 2.06. The van der Waals surface area contributed by atoms with Crippen molar-refractivity contribution in [1.82, 2.24) is 9.78 Å². The van der Waals surface area contributed by atoms with Crippen LogP contribution in [-0.4, -0.2) is 16.4 Å². The van der Waals surface area contributed by atoms with E-state index in [0.29, 0.717) is 12.4 Å². The van der Waals surface area contributed by atoms with Crippen molar-refractivity contribution in [2.75, 3.05) is 12.3 Å². The van der Waals surface area contributed by atoms with E-state index in [-0.39, 0.29) is 0 Å². The van der Waals surface area contributed by atoms with Crippen molar-refractivity contribution in [3.05, 3.63) is 11.8 Å². The van der Waals surface area contributed by atoms with Crippen molar-refractivity contribution in [2.45, 2.75) is 32.8 Å². The molecule has 0 amide bonds. The summed E-state index contributed by atoms with van der Waals surface area (Å²) in [4.78, 5) is 0. The Morgan fingerprint density at radius 3 is 2.86 bits per heavy atom. The molecule has 14 heavy (non-hydrogen) atoms. The molecule has 4 nitrogen and oxygen atoms in total. The number of nitrogens with two attached hydrogens (primary N) is 1. The fourth-order valence-electron chi connectivity index (χ4n) is 1.30. The van der Waals surface area contributed by atoms with Gasteiger partial charge in [-0.2, -0.15) is 5.10 Å². The summed E-state index contributed by atoms with van der Waals surface area (Å²) in [5.74, 6) is 0.555. The molecule has 0 saturated heterocycles. The quantitative estimate of drug-likeness (QED) is 0.706. The third-order valence-corrected chi connectivity index (χ3v) is 2.14. The third kappa shape index (κ3) is 3.38. The Kier molecular flexibility index (Phi) is 4.46. The maximum atomic E-state index is 5.54. The minimum atomic E-state index is 0.555. The molecule has 0 fully saturated rings. The summed E-state index contributed by atoms with van der Waals surface area (Å²) in [6, 6.07) is 1.85. The zero-order chi connectivity index (χ0) is 10.4. The summed E-state index contributed by atoms with van der Waals surface area (Å²) in [5, 5.41) is 4.04. The van der Waals surface area contributed by atoms with Gasteiger partial charge in [-0.1, -0.05) is 19.8 Å². The molecule has 0 aromatic carbocycles. The highest BCUT2D eigenvalue weighted by atomic mass is 16.5. The summed E-state index contributed by atoms with van der Waals surface area (Å²) in [7, 11) is 1.88. The van der Waals surface area contributed by atoms with Crippen molar-refractivity contribution in [3.63, 3.8) is 0 Å². The fraction of sp³-hybridized carbons (Fsp3) is 0.700. The lowest BCUT2D eigenvalue weighted by atomic mass is 10.3. The maximum Gasteiger partial charge on any atom is 0.145 e. The molecule has 0 aliphatic rings. The molecule has 0 atom stereocenters. The number of rotatable bonds is 6. The fourth-order valence-corrected chi connectivity index (χ4v) is 1.30. The van der Waals surface area contributed by atoms with Crippen LogP contribution in [0.25, 0.3) is 0 Å². The topological polar surface area (TPSA) is 53.1 Å². The predicted molar refractivity (Wildman–Crippen MR) is 56.8 cm³/mol. The molecule has 1 aromatic heterocycles. The van der Waals surface area contributed by atoms with E-state index in [1.807, 2.05) is 13.1 Å². The van der Waals surface area contributed by atoms with Crippen molar-refractivity contribution >= 4 is 5.82 Å². The van der Waals surface area contributed by atoms with Gasteiger partial charge in [-0.05, 0) is 6.42 Å². The van der Waals surface area contributed by atoms with E-state index in [9.17, 15) is 0 Å². The number of unbranched alkanes of at least 4 members (excludes halogenated alkanes) is 2. The zero-order valence-electron chi connectivity index (χ0n) is 8.99. The minimum Gasteiger partial charge on any atom is -0.382 e. The zero-order valence-corrected chi connectivity index (χ0v) is 8.99. The van der Waals surface area contributed by atoms with E-state index in [0.717, 1.165) is 18.7 Å². The van der Waals surface area contributed by atoms with Gasteiger partial charge in [0.15, 0.2) is 0 Å². The number of hydrogen-bond donors (Lipinski definition) is 1. The van der Waals surface area contributed by atoms with E-state index in [2.05, 4.69) is 12.0 Å². The maximum absolute atomic E-state index is 5.54. The molecule has 0 unspecified atom stereocenters. The summed E-state index contributed by atoms with van der Waals surface area (Å²) in [5.41, 5.74) is 6.57. The van der Waals surface area contributed by atoms with Gasteiger partial charge in [0.1, 0.15) is 5.82 Å². The minimum absolute atomic E-state index is 0.555.